The number of hydrogen-bond donors (Lipinski definition) is 1. The predicted octanol–water partition coefficient (Wildman–Crippen LogP) is 2.13. The second-order valence-corrected chi connectivity index (χ2v) is 6.46. The standard InChI is InChI=1S/C16H22N2O3/c1-11(2)13-4-3-5-14(17-13)18-8-12-6-7-21-10-16(12,9-18)15(19)20/h3-5,11-12H,6-10H2,1-2H3,(H,19,20)/t12-,16+/m0/s1. The van der Waals surface area contributed by atoms with Crippen molar-refractivity contribution < 1.29 is 14.6 Å². The summed E-state index contributed by atoms with van der Waals surface area (Å²) >= 11 is 0. The van der Waals surface area contributed by atoms with Gasteiger partial charge in [-0.2, -0.15) is 0 Å². The number of carboxylic acids is 1. The number of carbonyl (C=O) groups is 1. The normalized spacial score (nSPS) is 28.7. The molecule has 5 nitrogen and oxygen atoms in total. The van der Waals surface area contributed by atoms with Gasteiger partial charge in [0.15, 0.2) is 0 Å². The molecule has 5 heteroatoms. The Morgan fingerprint density at radius 1 is 1.52 bits per heavy atom. The van der Waals surface area contributed by atoms with E-state index in [0.29, 0.717) is 25.7 Å². The topological polar surface area (TPSA) is 62.7 Å². The van der Waals surface area contributed by atoms with Crippen LogP contribution in [0.3, 0.4) is 0 Å². The molecule has 0 aromatic carbocycles. The van der Waals surface area contributed by atoms with E-state index in [1.807, 2.05) is 18.2 Å². The van der Waals surface area contributed by atoms with Crippen molar-refractivity contribution in [2.45, 2.75) is 26.2 Å². The number of aromatic nitrogens is 1. The number of pyridine rings is 1. The van der Waals surface area contributed by atoms with Crippen LogP contribution in [-0.2, 0) is 9.53 Å². The van der Waals surface area contributed by atoms with Gasteiger partial charge < -0.3 is 14.7 Å². The predicted molar refractivity (Wildman–Crippen MR) is 79.5 cm³/mol. The second kappa shape index (κ2) is 5.30. The van der Waals surface area contributed by atoms with Crippen molar-refractivity contribution in [2.24, 2.45) is 11.3 Å². The summed E-state index contributed by atoms with van der Waals surface area (Å²) in [6, 6.07) is 6.00. The van der Waals surface area contributed by atoms with E-state index in [-0.39, 0.29) is 5.92 Å². The van der Waals surface area contributed by atoms with Gasteiger partial charge in [0.05, 0.1) is 6.61 Å². The zero-order valence-electron chi connectivity index (χ0n) is 12.6. The Labute approximate surface area is 124 Å². The molecule has 114 valence electrons. The fourth-order valence-corrected chi connectivity index (χ4v) is 3.40. The van der Waals surface area contributed by atoms with Gasteiger partial charge in [0.25, 0.3) is 0 Å². The second-order valence-electron chi connectivity index (χ2n) is 6.46. The maximum atomic E-state index is 11.8. The molecule has 0 bridgehead atoms. The highest BCUT2D eigenvalue weighted by Gasteiger charge is 2.54. The van der Waals surface area contributed by atoms with Crippen molar-refractivity contribution in [3.8, 4) is 0 Å². The molecule has 2 aliphatic heterocycles. The first kappa shape index (κ1) is 14.3. The van der Waals surface area contributed by atoms with Crippen LogP contribution in [0.15, 0.2) is 18.2 Å². The number of nitrogens with zero attached hydrogens (tertiary/aromatic N) is 2. The smallest absolute Gasteiger partial charge is 0.314 e. The van der Waals surface area contributed by atoms with Gasteiger partial charge in [-0.1, -0.05) is 19.9 Å². The summed E-state index contributed by atoms with van der Waals surface area (Å²) in [5.41, 5.74) is 0.274. The fraction of sp³-hybridized carbons (Fsp3) is 0.625. The highest BCUT2D eigenvalue weighted by molar-refractivity contribution is 5.77. The largest absolute Gasteiger partial charge is 0.481 e. The van der Waals surface area contributed by atoms with E-state index in [4.69, 9.17) is 9.72 Å². The average Bonchev–Trinajstić information content (AvgIpc) is 2.88. The molecular formula is C16H22N2O3. The van der Waals surface area contributed by atoms with Crippen LogP contribution >= 0.6 is 0 Å². The summed E-state index contributed by atoms with van der Waals surface area (Å²) in [6.45, 7) is 6.44. The first-order chi connectivity index (χ1) is 10.0. The minimum atomic E-state index is -0.770. The lowest BCUT2D eigenvalue weighted by molar-refractivity contribution is -0.159. The molecule has 3 heterocycles. The zero-order chi connectivity index (χ0) is 15.0. The lowest BCUT2D eigenvalue weighted by Gasteiger charge is -2.33. The summed E-state index contributed by atoms with van der Waals surface area (Å²) < 4.78 is 5.47. The molecular weight excluding hydrogens is 268 g/mol. The van der Waals surface area contributed by atoms with Crippen LogP contribution in [-0.4, -0.2) is 42.4 Å². The number of ether oxygens (including phenoxy) is 1. The first-order valence-corrected chi connectivity index (χ1v) is 7.56. The highest BCUT2D eigenvalue weighted by Crippen LogP contribution is 2.42. The van der Waals surface area contributed by atoms with Gasteiger partial charge in [0.2, 0.25) is 0 Å². The molecule has 2 atom stereocenters. The van der Waals surface area contributed by atoms with E-state index in [2.05, 4.69) is 18.7 Å². The number of anilines is 1. The first-order valence-electron chi connectivity index (χ1n) is 7.56. The van der Waals surface area contributed by atoms with Crippen LogP contribution in [0.2, 0.25) is 0 Å². The molecule has 1 aromatic rings. The molecule has 0 spiro atoms. The van der Waals surface area contributed by atoms with Crippen LogP contribution in [0.4, 0.5) is 5.82 Å². The monoisotopic (exact) mass is 290 g/mol. The summed E-state index contributed by atoms with van der Waals surface area (Å²) in [5, 5.41) is 9.68. The van der Waals surface area contributed by atoms with Crippen LogP contribution in [0.5, 0.6) is 0 Å². The Morgan fingerprint density at radius 3 is 3.00 bits per heavy atom. The van der Waals surface area contributed by atoms with Gasteiger partial charge in [0, 0.05) is 25.4 Å². The Kier molecular flexibility index (Phi) is 3.61. The van der Waals surface area contributed by atoms with E-state index >= 15 is 0 Å². The molecule has 0 amide bonds. The average molecular weight is 290 g/mol. The minimum Gasteiger partial charge on any atom is -0.481 e. The third-order valence-corrected chi connectivity index (χ3v) is 4.76. The third-order valence-electron chi connectivity index (χ3n) is 4.76. The number of rotatable bonds is 3. The Balaban J connectivity index is 1.88. The van der Waals surface area contributed by atoms with E-state index in [0.717, 1.165) is 24.5 Å². The summed E-state index contributed by atoms with van der Waals surface area (Å²) in [6.07, 6.45) is 0.812. The van der Waals surface area contributed by atoms with E-state index in [9.17, 15) is 9.90 Å². The Morgan fingerprint density at radius 2 is 2.33 bits per heavy atom. The molecule has 21 heavy (non-hydrogen) atoms. The molecule has 2 aliphatic rings. The molecule has 0 aliphatic carbocycles. The van der Waals surface area contributed by atoms with Crippen molar-refractivity contribution in [2.75, 3.05) is 31.2 Å². The molecule has 2 fully saturated rings. The lowest BCUT2D eigenvalue weighted by Crippen LogP contribution is -2.46. The van der Waals surface area contributed by atoms with Gasteiger partial charge in [0.1, 0.15) is 11.2 Å². The van der Waals surface area contributed by atoms with Gasteiger partial charge in [-0.25, -0.2) is 4.98 Å². The molecule has 1 N–H and O–H groups in total. The van der Waals surface area contributed by atoms with Crippen LogP contribution in [0, 0.1) is 11.3 Å². The van der Waals surface area contributed by atoms with Crippen molar-refractivity contribution in [3.63, 3.8) is 0 Å². The van der Waals surface area contributed by atoms with Crippen molar-refractivity contribution >= 4 is 11.8 Å². The number of fused-ring (bicyclic) bond motifs is 1. The molecule has 3 rings (SSSR count). The van der Waals surface area contributed by atoms with E-state index in [1.165, 1.54) is 0 Å². The van der Waals surface area contributed by atoms with Crippen molar-refractivity contribution in [1.29, 1.82) is 0 Å². The van der Waals surface area contributed by atoms with Gasteiger partial charge in [-0.3, -0.25) is 4.79 Å². The quantitative estimate of drug-likeness (QED) is 0.924. The molecule has 0 radical (unpaired) electrons. The number of carboxylic acid groups (broad SMARTS) is 1. The molecule has 1 aromatic heterocycles. The van der Waals surface area contributed by atoms with Crippen molar-refractivity contribution in [1.82, 2.24) is 4.98 Å². The van der Waals surface area contributed by atoms with Crippen molar-refractivity contribution in [3.05, 3.63) is 23.9 Å². The summed E-state index contributed by atoms with van der Waals surface area (Å²) in [4.78, 5) is 18.6. The minimum absolute atomic E-state index is 0.147. The molecule has 0 saturated carbocycles. The maximum absolute atomic E-state index is 11.8. The highest BCUT2D eigenvalue weighted by atomic mass is 16.5. The van der Waals surface area contributed by atoms with E-state index in [1.54, 1.807) is 0 Å². The zero-order valence-corrected chi connectivity index (χ0v) is 12.6. The van der Waals surface area contributed by atoms with E-state index < -0.39 is 11.4 Å². The van der Waals surface area contributed by atoms with Crippen LogP contribution in [0.1, 0.15) is 31.9 Å². The van der Waals surface area contributed by atoms with Gasteiger partial charge in [-0.15, -0.1) is 0 Å². The Bertz CT molecular complexity index is 546. The molecule has 2 saturated heterocycles. The fourth-order valence-electron chi connectivity index (χ4n) is 3.40. The Hall–Kier alpha value is -1.62. The van der Waals surface area contributed by atoms with Gasteiger partial charge in [-0.05, 0) is 30.4 Å². The number of aliphatic carboxylic acids is 1. The van der Waals surface area contributed by atoms with Crippen LogP contribution < -0.4 is 4.90 Å². The van der Waals surface area contributed by atoms with Crippen LogP contribution in [0.25, 0.3) is 0 Å². The summed E-state index contributed by atoms with van der Waals surface area (Å²) in [5.74, 6) is 0.658. The SMILES string of the molecule is CC(C)c1cccc(N2C[C@@H]3CCOC[C@]3(C(=O)O)C2)n1. The number of hydrogen-bond acceptors (Lipinski definition) is 4. The molecule has 0 unspecified atom stereocenters. The maximum Gasteiger partial charge on any atom is 0.314 e. The third kappa shape index (κ3) is 2.39. The van der Waals surface area contributed by atoms with Gasteiger partial charge >= 0.3 is 5.97 Å². The lowest BCUT2D eigenvalue weighted by atomic mass is 9.76. The summed E-state index contributed by atoms with van der Waals surface area (Å²) in [7, 11) is 0.